The van der Waals surface area contributed by atoms with E-state index in [9.17, 15) is 9.90 Å². The molecule has 5 rings (SSSR count). The Morgan fingerprint density at radius 3 is 2.62 bits per heavy atom. The summed E-state index contributed by atoms with van der Waals surface area (Å²) in [7, 11) is 0. The molecule has 0 unspecified atom stereocenters. The van der Waals surface area contributed by atoms with Gasteiger partial charge in [0.2, 0.25) is 0 Å². The van der Waals surface area contributed by atoms with Crippen LogP contribution in [0.3, 0.4) is 0 Å². The topological polar surface area (TPSA) is 67.6 Å². The van der Waals surface area contributed by atoms with Crippen molar-refractivity contribution in [3.05, 3.63) is 82.7 Å². The third-order valence-corrected chi connectivity index (χ3v) is 6.73. The lowest BCUT2D eigenvalue weighted by atomic mass is 9.88. The molecule has 6 heteroatoms. The molecule has 0 radical (unpaired) electrons. The summed E-state index contributed by atoms with van der Waals surface area (Å²) in [6.45, 7) is 8.11. The molecule has 0 spiro atoms. The third kappa shape index (κ3) is 4.38. The number of carboxylic acid groups (broad SMARTS) is 1. The molecule has 2 aliphatic rings. The molecule has 0 atom stereocenters. The Balaban J connectivity index is 1.53. The Hall–Kier alpha value is -3.38. The Morgan fingerprint density at radius 1 is 1.15 bits per heavy atom. The number of fused-ring (bicyclic) bond motifs is 1. The van der Waals surface area contributed by atoms with Crippen LogP contribution in [0.2, 0.25) is 0 Å². The van der Waals surface area contributed by atoms with E-state index in [-0.39, 0.29) is 11.8 Å². The van der Waals surface area contributed by atoms with Crippen LogP contribution in [0.1, 0.15) is 59.1 Å². The van der Waals surface area contributed by atoms with Gasteiger partial charge in [0, 0.05) is 25.2 Å². The summed E-state index contributed by atoms with van der Waals surface area (Å²) < 4.78 is 8.03. The first-order chi connectivity index (χ1) is 16.5. The van der Waals surface area contributed by atoms with Gasteiger partial charge < -0.3 is 9.84 Å². The molecule has 1 saturated heterocycles. The molecule has 3 aromatic rings. The zero-order chi connectivity index (χ0) is 23.7. The molecular weight excluding hydrogens is 426 g/mol. The van der Waals surface area contributed by atoms with Gasteiger partial charge in [0.05, 0.1) is 5.69 Å². The van der Waals surface area contributed by atoms with Gasteiger partial charge in [0.25, 0.3) is 0 Å². The molecule has 1 aromatic heterocycles. The number of rotatable bonds is 7. The zero-order valence-electron chi connectivity index (χ0n) is 19.8. The standard InChI is InChI=1S/C28H31N3O3/c1-3-14-30-17-22(18-30)34-21-12-10-20(11-13-21)27-24(23-8-5-4-7-19(23)2)9-6-15-31-26(27)16-25(29-31)28(32)33/h4-5,7-8,10-13,16,22H,3,6,9,14-15,17-18H2,1-2H3,(H,32,33). The van der Waals surface area contributed by atoms with Crippen molar-refractivity contribution in [2.45, 2.75) is 45.8 Å². The van der Waals surface area contributed by atoms with Crippen LogP contribution in [0, 0.1) is 6.92 Å². The number of aryl methyl sites for hydroxylation is 2. The summed E-state index contributed by atoms with van der Waals surface area (Å²) in [6, 6.07) is 18.4. The van der Waals surface area contributed by atoms with Crippen LogP contribution in [0.25, 0.3) is 11.1 Å². The molecule has 0 aliphatic carbocycles. The minimum absolute atomic E-state index is 0.0834. The van der Waals surface area contributed by atoms with Crippen LogP contribution in [-0.2, 0) is 6.54 Å². The first-order valence-electron chi connectivity index (χ1n) is 12.1. The van der Waals surface area contributed by atoms with Gasteiger partial charge in [-0.2, -0.15) is 5.10 Å². The number of hydrogen-bond acceptors (Lipinski definition) is 4. The number of carboxylic acids is 1. The summed E-state index contributed by atoms with van der Waals surface area (Å²) in [5.41, 5.74) is 6.69. The van der Waals surface area contributed by atoms with Gasteiger partial charge in [0.1, 0.15) is 11.9 Å². The van der Waals surface area contributed by atoms with E-state index in [1.54, 1.807) is 6.07 Å². The van der Waals surface area contributed by atoms with Gasteiger partial charge in [0.15, 0.2) is 5.69 Å². The molecule has 3 heterocycles. The van der Waals surface area contributed by atoms with Crippen molar-refractivity contribution < 1.29 is 14.6 Å². The fourth-order valence-electron chi connectivity index (χ4n) is 5.07. The quantitative estimate of drug-likeness (QED) is 0.534. The maximum Gasteiger partial charge on any atom is 0.356 e. The predicted molar refractivity (Wildman–Crippen MR) is 133 cm³/mol. The van der Waals surface area contributed by atoms with Crippen molar-refractivity contribution in [3.8, 4) is 5.75 Å². The summed E-state index contributed by atoms with van der Waals surface area (Å²) >= 11 is 0. The van der Waals surface area contributed by atoms with E-state index in [4.69, 9.17) is 4.74 Å². The normalized spacial score (nSPS) is 16.6. The molecule has 1 N–H and O–H groups in total. The zero-order valence-corrected chi connectivity index (χ0v) is 19.8. The van der Waals surface area contributed by atoms with E-state index in [1.165, 1.54) is 23.1 Å². The number of benzene rings is 2. The van der Waals surface area contributed by atoms with Crippen LogP contribution in [0.15, 0.2) is 54.6 Å². The highest BCUT2D eigenvalue weighted by atomic mass is 16.5. The number of carbonyl (C=O) groups is 1. The fourth-order valence-corrected chi connectivity index (χ4v) is 5.07. The van der Waals surface area contributed by atoms with Crippen molar-refractivity contribution in [2.75, 3.05) is 19.6 Å². The Labute approximate surface area is 200 Å². The average Bonchev–Trinajstić information content (AvgIpc) is 3.14. The van der Waals surface area contributed by atoms with Gasteiger partial charge in [-0.05, 0) is 73.2 Å². The third-order valence-electron chi connectivity index (χ3n) is 6.73. The van der Waals surface area contributed by atoms with Gasteiger partial charge in [-0.3, -0.25) is 9.58 Å². The fraction of sp³-hybridized carbons (Fsp3) is 0.357. The smallest absolute Gasteiger partial charge is 0.356 e. The second-order valence-electron chi connectivity index (χ2n) is 9.24. The van der Waals surface area contributed by atoms with Crippen LogP contribution < -0.4 is 4.74 Å². The second kappa shape index (κ2) is 9.47. The highest BCUT2D eigenvalue weighted by molar-refractivity contribution is 5.99. The molecule has 1 fully saturated rings. The van der Waals surface area contributed by atoms with Crippen LogP contribution in [0.4, 0.5) is 0 Å². The molecule has 0 amide bonds. The van der Waals surface area contributed by atoms with Crippen LogP contribution in [0.5, 0.6) is 5.75 Å². The molecule has 176 valence electrons. The maximum atomic E-state index is 11.7. The molecule has 2 aliphatic heterocycles. The predicted octanol–water partition coefficient (Wildman–Crippen LogP) is 5.12. The maximum absolute atomic E-state index is 11.7. The van der Waals surface area contributed by atoms with Crippen molar-refractivity contribution in [1.82, 2.24) is 14.7 Å². The van der Waals surface area contributed by atoms with Crippen molar-refractivity contribution in [3.63, 3.8) is 0 Å². The Bertz CT molecular complexity index is 1220. The molecule has 6 nitrogen and oxygen atoms in total. The lowest BCUT2D eigenvalue weighted by Gasteiger charge is -2.38. The van der Waals surface area contributed by atoms with Gasteiger partial charge in [-0.15, -0.1) is 0 Å². The number of likely N-dealkylation sites (tertiary alicyclic amines) is 1. The minimum Gasteiger partial charge on any atom is -0.488 e. The highest BCUT2D eigenvalue weighted by Crippen LogP contribution is 2.39. The van der Waals surface area contributed by atoms with Crippen molar-refractivity contribution in [1.29, 1.82) is 0 Å². The first kappa shape index (κ1) is 22.4. The van der Waals surface area contributed by atoms with Gasteiger partial charge >= 0.3 is 5.97 Å². The van der Waals surface area contributed by atoms with Crippen molar-refractivity contribution in [2.24, 2.45) is 0 Å². The molecule has 0 saturated carbocycles. The largest absolute Gasteiger partial charge is 0.488 e. The van der Waals surface area contributed by atoms with Crippen LogP contribution >= 0.6 is 0 Å². The minimum atomic E-state index is -1.00. The Morgan fingerprint density at radius 2 is 1.91 bits per heavy atom. The van der Waals surface area contributed by atoms with E-state index in [2.05, 4.69) is 60.2 Å². The van der Waals surface area contributed by atoms with E-state index in [1.807, 2.05) is 16.8 Å². The van der Waals surface area contributed by atoms with E-state index in [0.717, 1.165) is 55.1 Å². The molecule has 0 bridgehead atoms. The summed E-state index contributed by atoms with van der Waals surface area (Å²) in [6.07, 6.45) is 3.22. The highest BCUT2D eigenvalue weighted by Gasteiger charge is 2.28. The lowest BCUT2D eigenvalue weighted by Crippen LogP contribution is -2.53. The number of aromatic nitrogens is 2. The van der Waals surface area contributed by atoms with Gasteiger partial charge in [-0.1, -0.05) is 43.3 Å². The van der Waals surface area contributed by atoms with E-state index >= 15 is 0 Å². The number of allylic oxidation sites excluding steroid dienone is 1. The summed E-state index contributed by atoms with van der Waals surface area (Å²) in [5, 5.41) is 14.0. The molecular formula is C28H31N3O3. The first-order valence-corrected chi connectivity index (χ1v) is 12.1. The summed E-state index contributed by atoms with van der Waals surface area (Å²) in [5.74, 6) is -0.130. The van der Waals surface area contributed by atoms with E-state index < -0.39 is 5.97 Å². The number of hydrogen-bond donors (Lipinski definition) is 1. The molecule has 34 heavy (non-hydrogen) atoms. The summed E-state index contributed by atoms with van der Waals surface area (Å²) in [4.78, 5) is 14.1. The monoisotopic (exact) mass is 457 g/mol. The Kier molecular flexibility index (Phi) is 6.24. The number of ether oxygens (including phenoxy) is 1. The SMILES string of the molecule is CCCN1CC(Oc2ccc(C3=C(c4ccccc4C)CCCn4nc(C(=O)O)cc43)cc2)C1. The van der Waals surface area contributed by atoms with Crippen molar-refractivity contribution >= 4 is 17.1 Å². The van der Waals surface area contributed by atoms with Gasteiger partial charge in [-0.25, -0.2) is 4.79 Å². The lowest BCUT2D eigenvalue weighted by molar-refractivity contribution is 0.0202. The number of aromatic carboxylic acids is 1. The van der Waals surface area contributed by atoms with E-state index in [0.29, 0.717) is 6.54 Å². The number of nitrogens with zero attached hydrogens (tertiary/aromatic N) is 3. The average molecular weight is 458 g/mol. The molecule has 2 aromatic carbocycles. The second-order valence-corrected chi connectivity index (χ2v) is 9.24. The van der Waals surface area contributed by atoms with Crippen LogP contribution in [-0.4, -0.2) is 51.5 Å².